The first-order chi connectivity index (χ1) is 17.5. The largest absolute Gasteiger partial charge is 0.372 e. The first-order valence-electron chi connectivity index (χ1n) is 13.3. The second-order valence-electron chi connectivity index (χ2n) is 11.1. The van der Waals surface area contributed by atoms with E-state index in [9.17, 15) is 4.79 Å². The Bertz CT molecular complexity index is 1240. The molecule has 2 aliphatic heterocycles. The molecule has 1 saturated carbocycles. The van der Waals surface area contributed by atoms with Crippen LogP contribution in [0.1, 0.15) is 43.5 Å². The maximum Gasteiger partial charge on any atom is 0.230 e. The Morgan fingerprint density at radius 3 is 2.72 bits per heavy atom. The average molecular weight is 507 g/mol. The quantitative estimate of drug-likeness (QED) is 0.450. The van der Waals surface area contributed by atoms with Gasteiger partial charge in [0.2, 0.25) is 5.91 Å². The molecule has 2 saturated heterocycles. The fraction of sp³-hybridized carbons (Fsp3) is 0.517. The molecule has 2 atom stereocenters. The van der Waals surface area contributed by atoms with Gasteiger partial charge in [0, 0.05) is 31.7 Å². The lowest BCUT2D eigenvalue weighted by atomic mass is 9.72. The summed E-state index contributed by atoms with van der Waals surface area (Å²) in [6.07, 6.45) is 5.29. The zero-order valence-corrected chi connectivity index (χ0v) is 21.8. The number of carbonyl (C=O) groups is 1. The summed E-state index contributed by atoms with van der Waals surface area (Å²) in [6.45, 7) is 4.67. The molecular weight excluding hydrogens is 472 g/mol. The third-order valence-electron chi connectivity index (χ3n) is 8.26. The Balaban J connectivity index is 1.20. The van der Waals surface area contributed by atoms with E-state index in [1.54, 1.807) is 0 Å². The second-order valence-corrected chi connectivity index (χ2v) is 11.5. The molecule has 3 fully saturated rings. The molecule has 3 aromatic rings. The number of imidazole rings is 1. The van der Waals surface area contributed by atoms with Crippen molar-refractivity contribution in [2.24, 2.45) is 18.4 Å². The van der Waals surface area contributed by atoms with Gasteiger partial charge in [0.15, 0.2) is 0 Å². The number of fused-ring (bicyclic) bond motifs is 1. The number of rotatable bonds is 7. The van der Waals surface area contributed by atoms with E-state index in [1.165, 1.54) is 12.8 Å². The Labute approximate surface area is 218 Å². The van der Waals surface area contributed by atoms with Crippen LogP contribution in [0.15, 0.2) is 48.5 Å². The van der Waals surface area contributed by atoms with Crippen LogP contribution >= 0.6 is 11.6 Å². The van der Waals surface area contributed by atoms with Crippen LogP contribution in [-0.4, -0.2) is 57.5 Å². The van der Waals surface area contributed by atoms with Gasteiger partial charge in [-0.2, -0.15) is 0 Å². The minimum absolute atomic E-state index is 0.0489. The Morgan fingerprint density at radius 2 is 1.94 bits per heavy atom. The van der Waals surface area contributed by atoms with Crippen molar-refractivity contribution in [2.75, 3.05) is 26.2 Å². The number of nitrogens with zero attached hydrogens (tertiary/aromatic N) is 4. The molecule has 0 N–H and O–H groups in total. The minimum atomic E-state index is -0.374. The van der Waals surface area contributed by atoms with Crippen LogP contribution in [0.4, 0.5) is 0 Å². The van der Waals surface area contributed by atoms with E-state index in [1.807, 2.05) is 30.3 Å². The lowest BCUT2D eigenvalue weighted by Crippen LogP contribution is -2.60. The zero-order chi connectivity index (χ0) is 24.7. The fourth-order valence-corrected chi connectivity index (χ4v) is 6.29. The average Bonchev–Trinajstić information content (AvgIpc) is 3.65. The molecule has 0 bridgehead atoms. The van der Waals surface area contributed by atoms with Crippen molar-refractivity contribution in [1.29, 1.82) is 0 Å². The third-order valence-corrected chi connectivity index (χ3v) is 8.51. The summed E-state index contributed by atoms with van der Waals surface area (Å²) >= 11 is 6.06. The molecule has 2 aromatic carbocycles. The number of carbonyl (C=O) groups excluding carboxylic acids is 1. The van der Waals surface area contributed by atoms with Gasteiger partial charge in [0.1, 0.15) is 5.82 Å². The molecule has 1 spiro atoms. The summed E-state index contributed by atoms with van der Waals surface area (Å²) in [5.74, 6) is 2.07. The van der Waals surface area contributed by atoms with E-state index in [-0.39, 0.29) is 11.5 Å². The van der Waals surface area contributed by atoms with Crippen molar-refractivity contribution in [3.05, 3.63) is 64.9 Å². The molecule has 6 rings (SSSR count). The highest BCUT2D eigenvalue weighted by atomic mass is 35.5. The Kier molecular flexibility index (Phi) is 6.53. The number of ether oxygens (including phenoxy) is 1. The van der Waals surface area contributed by atoms with Gasteiger partial charge in [-0.25, -0.2) is 4.98 Å². The molecule has 190 valence electrons. The number of likely N-dealkylation sites (tertiary alicyclic amines) is 2. The van der Waals surface area contributed by atoms with E-state index in [2.05, 4.69) is 39.6 Å². The van der Waals surface area contributed by atoms with E-state index in [0.29, 0.717) is 25.0 Å². The standard InChI is InChI=1S/C29H35ClN4O2/c1-32-26-6-3-2-5-25(26)31-27(32)18-33-14-4-13-29(20-33)15-24(17-34(28(29)35)16-21-7-8-21)36-19-22-9-11-23(30)12-10-22/h2-3,5-6,9-12,21,24H,4,7-8,13-20H2,1H3/t24-,29+/m0/s1. The molecule has 7 heteroatoms. The van der Waals surface area contributed by atoms with Crippen LogP contribution in [0.25, 0.3) is 11.0 Å². The van der Waals surface area contributed by atoms with Crippen molar-refractivity contribution < 1.29 is 9.53 Å². The van der Waals surface area contributed by atoms with Gasteiger partial charge in [-0.3, -0.25) is 9.69 Å². The lowest BCUT2D eigenvalue weighted by molar-refractivity contribution is -0.161. The summed E-state index contributed by atoms with van der Waals surface area (Å²) < 4.78 is 8.65. The molecule has 6 nitrogen and oxygen atoms in total. The molecule has 1 aromatic heterocycles. The number of amides is 1. The van der Waals surface area contributed by atoms with Gasteiger partial charge < -0.3 is 14.2 Å². The van der Waals surface area contributed by atoms with Crippen LogP contribution in [0.3, 0.4) is 0 Å². The first-order valence-corrected chi connectivity index (χ1v) is 13.6. The summed E-state index contributed by atoms with van der Waals surface area (Å²) in [5.41, 5.74) is 2.92. The monoisotopic (exact) mass is 506 g/mol. The van der Waals surface area contributed by atoms with Crippen molar-refractivity contribution in [3.8, 4) is 0 Å². The van der Waals surface area contributed by atoms with E-state index >= 15 is 0 Å². The predicted octanol–water partition coefficient (Wildman–Crippen LogP) is 5.04. The molecule has 1 aliphatic carbocycles. The number of piperidine rings is 2. The summed E-state index contributed by atoms with van der Waals surface area (Å²) in [4.78, 5) is 23.4. The summed E-state index contributed by atoms with van der Waals surface area (Å²) in [5, 5.41) is 0.736. The Morgan fingerprint density at radius 1 is 1.14 bits per heavy atom. The SMILES string of the molecule is Cn1c(CN2CCC[C@@]3(C[C@H](OCc4ccc(Cl)cc4)CN(CC4CC4)C3=O)C2)nc2ccccc21. The van der Waals surface area contributed by atoms with Gasteiger partial charge in [-0.05, 0) is 74.4 Å². The highest BCUT2D eigenvalue weighted by Crippen LogP contribution is 2.42. The van der Waals surface area contributed by atoms with Crippen LogP contribution in [0, 0.1) is 11.3 Å². The van der Waals surface area contributed by atoms with Crippen molar-refractivity contribution in [2.45, 2.75) is 51.4 Å². The Hall–Kier alpha value is -2.41. The maximum absolute atomic E-state index is 13.9. The van der Waals surface area contributed by atoms with Crippen LogP contribution < -0.4 is 0 Å². The topological polar surface area (TPSA) is 50.6 Å². The summed E-state index contributed by atoms with van der Waals surface area (Å²) in [7, 11) is 2.09. The number of benzene rings is 2. The summed E-state index contributed by atoms with van der Waals surface area (Å²) in [6, 6.07) is 16.1. The zero-order valence-electron chi connectivity index (χ0n) is 21.0. The molecule has 0 radical (unpaired) electrons. The molecular formula is C29H35ClN4O2. The van der Waals surface area contributed by atoms with Crippen LogP contribution in [-0.2, 0) is 29.7 Å². The number of para-hydroxylation sites is 2. The highest BCUT2D eigenvalue weighted by molar-refractivity contribution is 6.30. The second kappa shape index (κ2) is 9.81. The molecule has 1 amide bonds. The third kappa shape index (κ3) is 4.91. The number of hydrogen-bond donors (Lipinski definition) is 0. The van der Waals surface area contributed by atoms with Crippen molar-refractivity contribution in [3.63, 3.8) is 0 Å². The van der Waals surface area contributed by atoms with E-state index < -0.39 is 0 Å². The van der Waals surface area contributed by atoms with Crippen LogP contribution in [0.2, 0.25) is 5.02 Å². The van der Waals surface area contributed by atoms with Gasteiger partial charge in [0.05, 0.1) is 35.7 Å². The molecule has 3 heterocycles. The molecule has 0 unspecified atom stereocenters. The number of aromatic nitrogens is 2. The van der Waals surface area contributed by atoms with Crippen molar-refractivity contribution in [1.82, 2.24) is 19.4 Å². The normalized spacial score (nSPS) is 25.2. The fourth-order valence-electron chi connectivity index (χ4n) is 6.17. The maximum atomic E-state index is 13.9. The van der Waals surface area contributed by atoms with Gasteiger partial charge >= 0.3 is 0 Å². The molecule has 36 heavy (non-hydrogen) atoms. The lowest BCUT2D eigenvalue weighted by Gasteiger charge is -2.49. The van der Waals surface area contributed by atoms with E-state index in [4.69, 9.17) is 21.3 Å². The highest BCUT2D eigenvalue weighted by Gasteiger charge is 2.50. The number of aryl methyl sites for hydroxylation is 1. The van der Waals surface area contributed by atoms with Crippen LogP contribution in [0.5, 0.6) is 0 Å². The number of hydrogen-bond acceptors (Lipinski definition) is 4. The smallest absolute Gasteiger partial charge is 0.230 e. The predicted molar refractivity (Wildman–Crippen MR) is 142 cm³/mol. The van der Waals surface area contributed by atoms with Gasteiger partial charge in [0.25, 0.3) is 0 Å². The van der Waals surface area contributed by atoms with Gasteiger partial charge in [-0.15, -0.1) is 0 Å². The first kappa shape index (κ1) is 24.0. The minimum Gasteiger partial charge on any atom is -0.372 e. The number of halogens is 1. The van der Waals surface area contributed by atoms with Crippen molar-refractivity contribution >= 4 is 28.5 Å². The van der Waals surface area contributed by atoms with E-state index in [0.717, 1.165) is 72.9 Å². The molecule has 3 aliphatic rings. The van der Waals surface area contributed by atoms with Gasteiger partial charge in [-0.1, -0.05) is 35.9 Å².